The van der Waals surface area contributed by atoms with Gasteiger partial charge in [0.2, 0.25) is 0 Å². The molecule has 0 atom stereocenters. The van der Waals surface area contributed by atoms with Gasteiger partial charge in [0, 0.05) is 18.1 Å². The number of urea groups is 1. The molecule has 122 valence electrons. The van der Waals surface area contributed by atoms with E-state index in [4.69, 9.17) is 16.7 Å². The molecule has 4 aliphatic rings. The van der Waals surface area contributed by atoms with E-state index < -0.39 is 11.9 Å². The number of nitrogens with zero attached hydrogens (tertiary/aromatic N) is 2. The molecule has 0 radical (unpaired) electrons. The number of benzene rings is 1. The molecule has 1 aromatic carbocycles. The lowest BCUT2D eigenvalue weighted by molar-refractivity contribution is -0.150. The van der Waals surface area contributed by atoms with Crippen LogP contribution >= 0.6 is 11.6 Å². The summed E-state index contributed by atoms with van der Waals surface area (Å²) >= 11 is 5.75. The zero-order valence-electron chi connectivity index (χ0n) is 12.2. The first-order chi connectivity index (χ1) is 10.8. The molecule has 2 bridgehead atoms. The van der Waals surface area contributed by atoms with Gasteiger partial charge in [-0.3, -0.25) is 4.90 Å². The Bertz CT molecular complexity index is 706. The van der Waals surface area contributed by atoms with Crippen LogP contribution < -0.4 is 10.2 Å². The van der Waals surface area contributed by atoms with Crippen molar-refractivity contribution in [3.63, 3.8) is 0 Å². The van der Waals surface area contributed by atoms with Gasteiger partial charge in [0.05, 0.1) is 16.8 Å². The smallest absolute Gasteiger partial charge is 0.405 e. The molecule has 0 unspecified atom stereocenters. The Morgan fingerprint density at radius 2 is 2.00 bits per heavy atom. The zero-order valence-corrected chi connectivity index (χ0v) is 12.9. The van der Waals surface area contributed by atoms with Crippen LogP contribution in [0.15, 0.2) is 18.2 Å². The minimum absolute atomic E-state index is 0.227. The molecule has 1 aliphatic heterocycles. The summed E-state index contributed by atoms with van der Waals surface area (Å²) in [6.45, 7) is 0.933. The lowest BCUT2D eigenvalue weighted by Crippen LogP contribution is -2.83. The quantitative estimate of drug-likeness (QED) is 0.889. The van der Waals surface area contributed by atoms with Crippen molar-refractivity contribution >= 4 is 29.4 Å². The van der Waals surface area contributed by atoms with Crippen molar-refractivity contribution in [2.24, 2.45) is 0 Å². The first-order valence-corrected chi connectivity index (χ1v) is 7.77. The molecule has 0 aromatic heterocycles. The molecule has 4 fully saturated rings. The van der Waals surface area contributed by atoms with Gasteiger partial charge >= 0.3 is 12.1 Å². The van der Waals surface area contributed by atoms with E-state index in [1.165, 1.54) is 17.0 Å². The Kier molecular flexibility index (Phi) is 2.85. The molecular formula is C15H15ClFN3O3. The summed E-state index contributed by atoms with van der Waals surface area (Å²) in [5.41, 5.74) is -0.408. The summed E-state index contributed by atoms with van der Waals surface area (Å²) in [5, 5.41) is 11.7. The molecule has 1 aromatic rings. The van der Waals surface area contributed by atoms with Crippen LogP contribution in [0, 0.1) is 5.82 Å². The van der Waals surface area contributed by atoms with Crippen molar-refractivity contribution < 1.29 is 19.1 Å². The third-order valence-corrected chi connectivity index (χ3v) is 5.39. The molecule has 23 heavy (non-hydrogen) atoms. The first-order valence-electron chi connectivity index (χ1n) is 7.40. The Morgan fingerprint density at radius 3 is 2.61 bits per heavy atom. The summed E-state index contributed by atoms with van der Waals surface area (Å²) in [7, 11) is 0. The highest BCUT2D eigenvalue weighted by molar-refractivity contribution is 6.30. The van der Waals surface area contributed by atoms with Gasteiger partial charge in [-0.05, 0) is 37.5 Å². The fraction of sp³-hybridized carbons (Fsp3) is 0.467. The van der Waals surface area contributed by atoms with Crippen molar-refractivity contribution in [3.05, 3.63) is 29.0 Å². The molecule has 5 rings (SSSR count). The van der Waals surface area contributed by atoms with Gasteiger partial charge in [0.15, 0.2) is 0 Å². The maximum atomic E-state index is 14.0. The van der Waals surface area contributed by atoms with E-state index in [-0.39, 0.29) is 27.8 Å². The summed E-state index contributed by atoms with van der Waals surface area (Å²) in [4.78, 5) is 26.6. The van der Waals surface area contributed by atoms with Crippen molar-refractivity contribution in [1.82, 2.24) is 10.2 Å². The van der Waals surface area contributed by atoms with Gasteiger partial charge in [-0.25, -0.2) is 14.0 Å². The van der Waals surface area contributed by atoms with E-state index in [1.54, 1.807) is 11.0 Å². The number of amides is 3. The largest absolute Gasteiger partial charge is 0.465 e. The minimum Gasteiger partial charge on any atom is -0.465 e. The Labute approximate surface area is 136 Å². The Hall–Kier alpha value is -2.02. The number of hydrogen-bond acceptors (Lipinski definition) is 2. The van der Waals surface area contributed by atoms with Gasteiger partial charge < -0.3 is 15.3 Å². The van der Waals surface area contributed by atoms with E-state index in [0.717, 1.165) is 0 Å². The number of rotatable bonds is 3. The number of hydrogen-bond donors (Lipinski definition) is 2. The third-order valence-electron chi connectivity index (χ3n) is 5.16. The highest BCUT2D eigenvalue weighted by Gasteiger charge is 2.72. The van der Waals surface area contributed by atoms with Crippen molar-refractivity contribution in [2.75, 3.05) is 18.0 Å². The van der Waals surface area contributed by atoms with Crippen LogP contribution in [0.1, 0.15) is 19.3 Å². The lowest BCUT2D eigenvalue weighted by atomic mass is 9.43. The predicted octanol–water partition coefficient (Wildman–Crippen LogP) is 2.66. The summed E-state index contributed by atoms with van der Waals surface area (Å²) < 4.78 is 14.0. The van der Waals surface area contributed by atoms with Crippen LogP contribution in [0.5, 0.6) is 0 Å². The average Bonchev–Trinajstić information content (AvgIpc) is 2.74. The summed E-state index contributed by atoms with van der Waals surface area (Å²) in [6.07, 6.45) is 0.870. The van der Waals surface area contributed by atoms with Gasteiger partial charge in [-0.2, -0.15) is 0 Å². The second kappa shape index (κ2) is 4.50. The molecule has 1 saturated heterocycles. The van der Waals surface area contributed by atoms with E-state index >= 15 is 0 Å². The number of carbonyl (C=O) groups excluding carboxylic acids is 1. The topological polar surface area (TPSA) is 72.9 Å². The molecular weight excluding hydrogens is 325 g/mol. The SMILES string of the molecule is O=C(O)NC12CC(N3CCN(c4ccc(Cl)cc4F)C3=O)(C1)C2. The molecule has 3 amide bonds. The molecule has 1 heterocycles. The fourth-order valence-corrected chi connectivity index (χ4v) is 4.44. The summed E-state index contributed by atoms with van der Waals surface area (Å²) in [6, 6.07) is 4.03. The number of anilines is 1. The molecule has 6 nitrogen and oxygen atoms in total. The van der Waals surface area contributed by atoms with Crippen LogP contribution in [-0.2, 0) is 0 Å². The monoisotopic (exact) mass is 339 g/mol. The van der Waals surface area contributed by atoms with Gasteiger partial charge in [-0.1, -0.05) is 11.6 Å². The molecule has 3 saturated carbocycles. The number of nitrogens with one attached hydrogen (secondary N) is 1. The van der Waals surface area contributed by atoms with Crippen LogP contribution in [0.3, 0.4) is 0 Å². The molecule has 3 aliphatic carbocycles. The third kappa shape index (κ3) is 1.99. The Balaban J connectivity index is 1.49. The van der Waals surface area contributed by atoms with Gasteiger partial charge in [0.25, 0.3) is 0 Å². The highest BCUT2D eigenvalue weighted by Crippen LogP contribution is 2.64. The second-order valence-electron chi connectivity index (χ2n) is 6.65. The maximum Gasteiger partial charge on any atom is 0.405 e. The highest BCUT2D eigenvalue weighted by atomic mass is 35.5. The van der Waals surface area contributed by atoms with Crippen molar-refractivity contribution in [3.8, 4) is 0 Å². The number of carbonyl (C=O) groups is 2. The van der Waals surface area contributed by atoms with Crippen molar-refractivity contribution in [2.45, 2.75) is 30.3 Å². The molecule has 2 N–H and O–H groups in total. The van der Waals surface area contributed by atoms with Crippen LogP contribution in [0.2, 0.25) is 5.02 Å². The van der Waals surface area contributed by atoms with Crippen LogP contribution in [0.25, 0.3) is 0 Å². The van der Waals surface area contributed by atoms with E-state index in [0.29, 0.717) is 32.4 Å². The fourth-order valence-electron chi connectivity index (χ4n) is 4.28. The Morgan fingerprint density at radius 1 is 1.30 bits per heavy atom. The lowest BCUT2D eigenvalue weighted by Gasteiger charge is -2.72. The number of halogens is 2. The van der Waals surface area contributed by atoms with Crippen LogP contribution in [-0.4, -0.2) is 46.3 Å². The minimum atomic E-state index is -1.03. The standard InChI is InChI=1S/C15H15ClFN3O3/c16-9-1-2-11(10(17)5-9)19-3-4-20(13(19)23)15-6-14(7-15,8-15)18-12(21)22/h1-2,5,18H,3-4,6-8H2,(H,21,22). The molecule has 8 heteroatoms. The van der Waals surface area contributed by atoms with Crippen molar-refractivity contribution in [1.29, 1.82) is 0 Å². The zero-order chi connectivity index (χ0) is 16.4. The molecule has 0 spiro atoms. The van der Waals surface area contributed by atoms with Gasteiger partial charge in [0.1, 0.15) is 5.82 Å². The predicted molar refractivity (Wildman–Crippen MR) is 81.3 cm³/mol. The van der Waals surface area contributed by atoms with Crippen LogP contribution in [0.4, 0.5) is 19.7 Å². The van der Waals surface area contributed by atoms with E-state index in [9.17, 15) is 14.0 Å². The second-order valence-corrected chi connectivity index (χ2v) is 7.08. The number of carboxylic acid groups (broad SMARTS) is 1. The van der Waals surface area contributed by atoms with E-state index in [2.05, 4.69) is 5.32 Å². The maximum absolute atomic E-state index is 14.0. The average molecular weight is 340 g/mol. The van der Waals surface area contributed by atoms with E-state index in [1.807, 2.05) is 0 Å². The summed E-state index contributed by atoms with van der Waals surface area (Å²) in [5.74, 6) is -0.519. The normalized spacial score (nSPS) is 31.7. The first kappa shape index (κ1) is 14.6. The van der Waals surface area contributed by atoms with Gasteiger partial charge in [-0.15, -0.1) is 0 Å².